The number of hydrogen-bond donors (Lipinski definition) is 2. The van der Waals surface area contributed by atoms with Gasteiger partial charge in [-0.15, -0.1) is 0 Å². The molecule has 0 aliphatic carbocycles. The van der Waals surface area contributed by atoms with E-state index in [2.05, 4.69) is 5.32 Å². The van der Waals surface area contributed by atoms with Crippen LogP contribution in [0.15, 0.2) is 54.7 Å². The minimum Gasteiger partial charge on any atom is -0.497 e. The molecule has 2 aromatic carbocycles. The molecule has 3 amide bonds. The summed E-state index contributed by atoms with van der Waals surface area (Å²) in [4.78, 5) is 25.1. The topological polar surface area (TPSA) is 84.7 Å². The molecule has 6 heteroatoms. The number of hydrogen-bond acceptors (Lipinski definition) is 4. The number of nitrogens with one attached hydrogen (secondary N) is 1. The molecule has 3 N–H and O–H groups in total. The van der Waals surface area contributed by atoms with E-state index in [1.165, 1.54) is 13.1 Å². The normalized spacial score (nSPS) is 10.4. The number of nitrogens with zero attached hydrogens (tertiary/aromatic N) is 1. The van der Waals surface area contributed by atoms with Gasteiger partial charge in [0.2, 0.25) is 5.91 Å². The van der Waals surface area contributed by atoms with Crippen LogP contribution in [0.1, 0.15) is 12.5 Å². The average Bonchev–Trinajstić information content (AvgIpc) is 2.55. The Labute approximate surface area is 140 Å². The second kappa shape index (κ2) is 7.82. The van der Waals surface area contributed by atoms with Gasteiger partial charge >= 0.3 is 6.03 Å². The van der Waals surface area contributed by atoms with Gasteiger partial charge in [0.25, 0.3) is 0 Å². The fourth-order valence-electron chi connectivity index (χ4n) is 2.12. The van der Waals surface area contributed by atoms with E-state index in [-0.39, 0.29) is 0 Å². The zero-order valence-electron chi connectivity index (χ0n) is 13.5. The van der Waals surface area contributed by atoms with Crippen LogP contribution in [0.4, 0.5) is 16.2 Å². The molecule has 0 fully saturated rings. The Morgan fingerprint density at radius 2 is 1.92 bits per heavy atom. The largest absolute Gasteiger partial charge is 0.497 e. The van der Waals surface area contributed by atoms with E-state index in [0.717, 1.165) is 10.5 Å². The Hall–Kier alpha value is -3.28. The van der Waals surface area contributed by atoms with Crippen molar-refractivity contribution in [2.75, 3.05) is 17.7 Å². The standard InChI is InChI=1S/C18H19N3O3/c1-13(22)21(16-7-4-6-15(19)12-16)18(23)20-10-9-14-5-3-8-17(11-14)24-2/h3-12H,19H2,1-2H3,(H,20,23)/b10-9+. The molecule has 0 aliphatic rings. The molecule has 0 radical (unpaired) electrons. The highest BCUT2D eigenvalue weighted by atomic mass is 16.5. The van der Waals surface area contributed by atoms with Gasteiger partial charge in [-0.05, 0) is 42.0 Å². The van der Waals surface area contributed by atoms with Crippen LogP contribution in [-0.4, -0.2) is 19.0 Å². The Morgan fingerprint density at radius 3 is 2.58 bits per heavy atom. The van der Waals surface area contributed by atoms with Crippen molar-refractivity contribution in [1.82, 2.24) is 5.32 Å². The highest BCUT2D eigenvalue weighted by Gasteiger charge is 2.19. The van der Waals surface area contributed by atoms with Crippen molar-refractivity contribution in [3.8, 4) is 5.75 Å². The number of amides is 3. The number of methoxy groups -OCH3 is 1. The Balaban J connectivity index is 2.11. The first kappa shape index (κ1) is 17.1. The van der Waals surface area contributed by atoms with Crippen molar-refractivity contribution in [1.29, 1.82) is 0 Å². The predicted octanol–water partition coefficient (Wildman–Crippen LogP) is 3.01. The molecular weight excluding hydrogens is 306 g/mol. The molecule has 0 bridgehead atoms. The third-order valence-electron chi connectivity index (χ3n) is 3.22. The number of rotatable bonds is 4. The van der Waals surface area contributed by atoms with Crippen molar-refractivity contribution in [2.24, 2.45) is 0 Å². The summed E-state index contributed by atoms with van der Waals surface area (Å²) < 4.78 is 5.14. The maximum absolute atomic E-state index is 12.3. The van der Waals surface area contributed by atoms with Crippen LogP contribution in [-0.2, 0) is 4.79 Å². The predicted molar refractivity (Wildman–Crippen MR) is 94.6 cm³/mol. The number of urea groups is 1. The van der Waals surface area contributed by atoms with Gasteiger partial charge in [-0.3, -0.25) is 4.79 Å². The second-order valence-corrected chi connectivity index (χ2v) is 5.01. The van der Waals surface area contributed by atoms with E-state index in [1.807, 2.05) is 24.3 Å². The van der Waals surface area contributed by atoms with Gasteiger partial charge in [0, 0.05) is 18.8 Å². The molecule has 0 unspecified atom stereocenters. The molecule has 124 valence electrons. The molecule has 2 aromatic rings. The number of anilines is 2. The third kappa shape index (κ3) is 4.36. The molecule has 24 heavy (non-hydrogen) atoms. The summed E-state index contributed by atoms with van der Waals surface area (Å²) >= 11 is 0. The van der Waals surface area contributed by atoms with E-state index in [4.69, 9.17) is 10.5 Å². The van der Waals surface area contributed by atoms with Crippen LogP contribution in [0.25, 0.3) is 6.08 Å². The molecule has 0 saturated heterocycles. The molecule has 6 nitrogen and oxygen atoms in total. The van der Waals surface area contributed by atoms with Crippen molar-refractivity contribution in [2.45, 2.75) is 6.92 Å². The Morgan fingerprint density at radius 1 is 1.17 bits per heavy atom. The number of nitrogen functional groups attached to an aromatic ring is 1. The lowest BCUT2D eigenvalue weighted by Crippen LogP contribution is -2.41. The maximum atomic E-state index is 12.3. The second-order valence-electron chi connectivity index (χ2n) is 5.01. The van der Waals surface area contributed by atoms with Gasteiger partial charge in [0.05, 0.1) is 12.8 Å². The van der Waals surface area contributed by atoms with Crippen LogP contribution in [0.5, 0.6) is 5.75 Å². The first-order chi connectivity index (χ1) is 11.5. The number of carbonyl (C=O) groups is 2. The number of ether oxygens (including phenoxy) is 1. The minimum atomic E-state index is -0.563. The molecule has 0 heterocycles. The first-order valence-corrected chi connectivity index (χ1v) is 7.28. The quantitative estimate of drug-likeness (QED) is 0.846. The van der Waals surface area contributed by atoms with Gasteiger partial charge in [-0.25, -0.2) is 9.69 Å². The molecule has 0 spiro atoms. The lowest BCUT2D eigenvalue weighted by atomic mass is 10.2. The molecule has 0 aliphatic heterocycles. The lowest BCUT2D eigenvalue weighted by molar-refractivity contribution is -0.115. The Kier molecular flexibility index (Phi) is 5.57. The highest BCUT2D eigenvalue weighted by Crippen LogP contribution is 2.18. The summed E-state index contributed by atoms with van der Waals surface area (Å²) in [7, 11) is 1.58. The highest BCUT2D eigenvalue weighted by molar-refractivity contribution is 6.13. The summed E-state index contributed by atoms with van der Waals surface area (Å²) in [5, 5.41) is 2.57. The summed E-state index contributed by atoms with van der Waals surface area (Å²) in [6.45, 7) is 1.31. The van der Waals surface area contributed by atoms with E-state index in [9.17, 15) is 9.59 Å². The zero-order chi connectivity index (χ0) is 17.5. The SMILES string of the molecule is COc1cccc(/C=C/NC(=O)N(C(C)=O)c2cccc(N)c2)c1. The summed E-state index contributed by atoms with van der Waals surface area (Å²) in [5.74, 6) is 0.307. The number of benzene rings is 2. The van der Waals surface area contributed by atoms with E-state index in [0.29, 0.717) is 17.1 Å². The zero-order valence-corrected chi connectivity index (χ0v) is 13.5. The third-order valence-corrected chi connectivity index (χ3v) is 3.22. The Bertz CT molecular complexity index is 772. The summed E-state index contributed by atoms with van der Waals surface area (Å²) in [6.07, 6.45) is 3.18. The summed E-state index contributed by atoms with van der Waals surface area (Å²) in [6, 6.07) is 13.4. The molecule has 2 rings (SSSR count). The smallest absolute Gasteiger partial charge is 0.332 e. The lowest BCUT2D eigenvalue weighted by Gasteiger charge is -2.19. The molecular formula is C18H19N3O3. The number of nitrogens with two attached hydrogens (primary N) is 1. The van der Waals surface area contributed by atoms with E-state index >= 15 is 0 Å². The molecule has 0 atom stereocenters. The van der Waals surface area contributed by atoms with Crippen molar-refractivity contribution in [3.63, 3.8) is 0 Å². The van der Waals surface area contributed by atoms with Gasteiger partial charge in [0.15, 0.2) is 0 Å². The van der Waals surface area contributed by atoms with Crippen molar-refractivity contribution in [3.05, 3.63) is 60.3 Å². The van der Waals surface area contributed by atoms with Gasteiger partial charge in [-0.1, -0.05) is 18.2 Å². The van der Waals surface area contributed by atoms with E-state index in [1.54, 1.807) is 37.5 Å². The van der Waals surface area contributed by atoms with Gasteiger partial charge in [0.1, 0.15) is 5.75 Å². The van der Waals surface area contributed by atoms with E-state index < -0.39 is 11.9 Å². The van der Waals surface area contributed by atoms with Crippen LogP contribution < -0.4 is 20.7 Å². The van der Waals surface area contributed by atoms with Crippen LogP contribution in [0.3, 0.4) is 0 Å². The number of imide groups is 1. The summed E-state index contributed by atoms with van der Waals surface area (Å²) in [5.41, 5.74) is 7.44. The number of carbonyl (C=O) groups excluding carboxylic acids is 2. The monoisotopic (exact) mass is 325 g/mol. The molecule has 0 aromatic heterocycles. The fourth-order valence-corrected chi connectivity index (χ4v) is 2.12. The van der Waals surface area contributed by atoms with Crippen molar-refractivity contribution < 1.29 is 14.3 Å². The van der Waals surface area contributed by atoms with Gasteiger partial charge < -0.3 is 15.8 Å². The maximum Gasteiger partial charge on any atom is 0.332 e. The average molecular weight is 325 g/mol. The van der Waals surface area contributed by atoms with Crippen LogP contribution in [0, 0.1) is 0 Å². The van der Waals surface area contributed by atoms with Gasteiger partial charge in [-0.2, -0.15) is 0 Å². The molecule has 0 saturated carbocycles. The van der Waals surface area contributed by atoms with Crippen molar-refractivity contribution >= 4 is 29.4 Å². The fraction of sp³-hybridized carbons (Fsp3) is 0.111. The first-order valence-electron chi connectivity index (χ1n) is 7.28. The minimum absolute atomic E-state index is 0.409. The van der Waals surface area contributed by atoms with Crippen LogP contribution >= 0.6 is 0 Å². The van der Waals surface area contributed by atoms with Crippen LogP contribution in [0.2, 0.25) is 0 Å².